The van der Waals surface area contributed by atoms with E-state index in [2.05, 4.69) is 5.10 Å². The quantitative estimate of drug-likeness (QED) is 0.476. The Kier molecular flexibility index (Phi) is 3.25. The van der Waals surface area contributed by atoms with Crippen LogP contribution >= 0.6 is 0 Å². The standard InChI is InChI=1S/C11H8N4O5/c1-7-8(6-16)5-13(12-7)10-3-2-9(14(17)18)4-11(10)15(19)20/h2-6H,1H3. The third kappa shape index (κ3) is 2.23. The van der Waals surface area contributed by atoms with Gasteiger partial charge in [0, 0.05) is 12.3 Å². The first-order chi connectivity index (χ1) is 9.43. The first-order valence-electron chi connectivity index (χ1n) is 5.38. The molecular formula is C11H8N4O5. The lowest BCUT2D eigenvalue weighted by Gasteiger charge is -2.02. The number of nitrogens with zero attached hydrogens (tertiary/aromatic N) is 4. The zero-order valence-electron chi connectivity index (χ0n) is 10.2. The predicted molar refractivity (Wildman–Crippen MR) is 67.0 cm³/mol. The van der Waals surface area contributed by atoms with Crippen molar-refractivity contribution in [2.24, 2.45) is 0 Å². The van der Waals surface area contributed by atoms with Crippen molar-refractivity contribution in [1.29, 1.82) is 0 Å². The van der Waals surface area contributed by atoms with Crippen LogP contribution in [0.25, 0.3) is 5.69 Å². The van der Waals surface area contributed by atoms with Crippen molar-refractivity contribution < 1.29 is 14.6 Å². The van der Waals surface area contributed by atoms with E-state index in [1.807, 2.05) is 0 Å². The molecule has 0 spiro atoms. The Bertz CT molecular complexity index is 722. The summed E-state index contributed by atoms with van der Waals surface area (Å²) in [7, 11) is 0. The average Bonchev–Trinajstić information content (AvgIpc) is 2.79. The molecule has 0 aliphatic rings. The number of aromatic nitrogens is 2. The summed E-state index contributed by atoms with van der Waals surface area (Å²) < 4.78 is 1.15. The third-order valence-corrected chi connectivity index (χ3v) is 2.68. The molecule has 0 bridgehead atoms. The van der Waals surface area contributed by atoms with Crippen LogP contribution in [0.15, 0.2) is 24.4 Å². The van der Waals surface area contributed by atoms with Gasteiger partial charge in [-0.2, -0.15) is 5.10 Å². The summed E-state index contributed by atoms with van der Waals surface area (Å²) in [5.41, 5.74) is -0.0961. The van der Waals surface area contributed by atoms with Gasteiger partial charge in [0.15, 0.2) is 6.29 Å². The third-order valence-electron chi connectivity index (χ3n) is 2.68. The van der Waals surface area contributed by atoms with Crippen LogP contribution in [0, 0.1) is 27.2 Å². The molecule has 0 N–H and O–H groups in total. The molecule has 1 aromatic carbocycles. The molecule has 0 amide bonds. The number of non-ortho nitro benzene ring substituents is 1. The van der Waals surface area contributed by atoms with Crippen LogP contribution in [-0.4, -0.2) is 25.9 Å². The van der Waals surface area contributed by atoms with Gasteiger partial charge >= 0.3 is 5.69 Å². The van der Waals surface area contributed by atoms with Crippen molar-refractivity contribution in [2.45, 2.75) is 6.92 Å². The lowest BCUT2D eigenvalue weighted by atomic mass is 10.2. The minimum Gasteiger partial charge on any atom is -0.298 e. The van der Waals surface area contributed by atoms with Gasteiger partial charge in [-0.15, -0.1) is 0 Å². The topological polar surface area (TPSA) is 121 Å². The second-order valence-corrected chi connectivity index (χ2v) is 3.92. The molecule has 0 saturated heterocycles. The fourth-order valence-corrected chi connectivity index (χ4v) is 1.68. The minimum absolute atomic E-state index is 0.0526. The normalized spacial score (nSPS) is 10.2. The van der Waals surface area contributed by atoms with E-state index in [-0.39, 0.29) is 16.9 Å². The zero-order chi connectivity index (χ0) is 14.9. The molecule has 0 atom stereocenters. The molecule has 9 heteroatoms. The van der Waals surface area contributed by atoms with Crippen molar-refractivity contribution in [2.75, 3.05) is 0 Å². The van der Waals surface area contributed by atoms with Gasteiger partial charge < -0.3 is 0 Å². The second-order valence-electron chi connectivity index (χ2n) is 3.92. The van der Waals surface area contributed by atoms with E-state index in [0.29, 0.717) is 12.0 Å². The van der Waals surface area contributed by atoms with E-state index in [9.17, 15) is 25.0 Å². The number of rotatable bonds is 4. The van der Waals surface area contributed by atoms with Gasteiger partial charge in [0.1, 0.15) is 5.69 Å². The Morgan fingerprint density at radius 1 is 1.25 bits per heavy atom. The number of carbonyl (C=O) groups excluding carboxylic acids is 1. The van der Waals surface area contributed by atoms with Crippen LogP contribution in [0.4, 0.5) is 11.4 Å². The summed E-state index contributed by atoms with van der Waals surface area (Å²) in [5.74, 6) is 0. The van der Waals surface area contributed by atoms with Gasteiger partial charge in [-0.1, -0.05) is 0 Å². The van der Waals surface area contributed by atoms with Crippen LogP contribution in [-0.2, 0) is 0 Å². The van der Waals surface area contributed by atoms with E-state index >= 15 is 0 Å². The molecule has 0 saturated carbocycles. The number of nitro benzene ring substituents is 2. The lowest BCUT2D eigenvalue weighted by molar-refractivity contribution is -0.394. The number of benzene rings is 1. The highest BCUT2D eigenvalue weighted by Crippen LogP contribution is 2.27. The van der Waals surface area contributed by atoms with Crippen molar-refractivity contribution in [3.05, 3.63) is 55.9 Å². The molecule has 0 aliphatic carbocycles. The summed E-state index contributed by atoms with van der Waals surface area (Å²) >= 11 is 0. The fraction of sp³-hybridized carbons (Fsp3) is 0.0909. The molecule has 0 unspecified atom stereocenters. The van der Waals surface area contributed by atoms with E-state index in [1.54, 1.807) is 6.92 Å². The highest BCUT2D eigenvalue weighted by molar-refractivity contribution is 5.76. The summed E-state index contributed by atoms with van der Waals surface area (Å²) in [6.07, 6.45) is 1.91. The molecule has 2 rings (SSSR count). The van der Waals surface area contributed by atoms with Crippen molar-refractivity contribution in [1.82, 2.24) is 9.78 Å². The fourth-order valence-electron chi connectivity index (χ4n) is 1.68. The summed E-state index contributed by atoms with van der Waals surface area (Å²) in [6, 6.07) is 3.21. The Hall–Kier alpha value is -3.10. The number of hydrogen-bond acceptors (Lipinski definition) is 6. The molecule has 0 fully saturated rings. The minimum atomic E-state index is -0.736. The summed E-state index contributed by atoms with van der Waals surface area (Å²) in [4.78, 5) is 30.9. The molecule has 102 valence electrons. The van der Waals surface area contributed by atoms with Gasteiger partial charge in [0.25, 0.3) is 5.69 Å². The maximum Gasteiger partial charge on any atom is 0.301 e. The molecule has 0 radical (unpaired) electrons. The van der Waals surface area contributed by atoms with Gasteiger partial charge in [0.05, 0.1) is 27.2 Å². The van der Waals surface area contributed by atoms with Crippen LogP contribution in [0.3, 0.4) is 0 Å². The molecule has 1 heterocycles. The number of aldehydes is 1. The molecule has 20 heavy (non-hydrogen) atoms. The van der Waals surface area contributed by atoms with Crippen molar-refractivity contribution >= 4 is 17.7 Å². The van der Waals surface area contributed by atoms with Crippen LogP contribution in [0.2, 0.25) is 0 Å². The van der Waals surface area contributed by atoms with Gasteiger partial charge in [-0.05, 0) is 13.0 Å². The van der Waals surface area contributed by atoms with Crippen molar-refractivity contribution in [3.8, 4) is 5.69 Å². The molecule has 1 aromatic heterocycles. The predicted octanol–water partition coefficient (Wildman–Crippen LogP) is 1.81. The highest BCUT2D eigenvalue weighted by atomic mass is 16.6. The Balaban J connectivity index is 2.63. The maximum atomic E-state index is 11.0. The van der Waals surface area contributed by atoms with Crippen LogP contribution in [0.1, 0.15) is 16.1 Å². The molecule has 9 nitrogen and oxygen atoms in total. The summed E-state index contributed by atoms with van der Waals surface area (Å²) in [6.45, 7) is 1.58. The number of aryl methyl sites for hydroxylation is 1. The van der Waals surface area contributed by atoms with Gasteiger partial charge in [-0.3, -0.25) is 25.0 Å². The Labute approximate surface area is 111 Å². The van der Waals surface area contributed by atoms with E-state index in [1.165, 1.54) is 12.3 Å². The highest BCUT2D eigenvalue weighted by Gasteiger charge is 2.21. The molecule has 0 aliphatic heterocycles. The van der Waals surface area contributed by atoms with Crippen molar-refractivity contribution in [3.63, 3.8) is 0 Å². The first-order valence-corrected chi connectivity index (χ1v) is 5.38. The molecular weight excluding hydrogens is 268 g/mol. The van der Waals surface area contributed by atoms with Crippen LogP contribution < -0.4 is 0 Å². The first kappa shape index (κ1) is 13.3. The number of nitro groups is 2. The van der Waals surface area contributed by atoms with E-state index < -0.39 is 15.5 Å². The maximum absolute atomic E-state index is 11.0. The number of carbonyl (C=O) groups is 1. The van der Waals surface area contributed by atoms with Gasteiger partial charge in [-0.25, -0.2) is 4.68 Å². The van der Waals surface area contributed by atoms with Crippen LogP contribution in [0.5, 0.6) is 0 Å². The Morgan fingerprint density at radius 3 is 2.45 bits per heavy atom. The van der Waals surface area contributed by atoms with E-state index in [4.69, 9.17) is 0 Å². The lowest BCUT2D eigenvalue weighted by Crippen LogP contribution is -2.02. The average molecular weight is 276 g/mol. The molecule has 2 aromatic rings. The summed E-state index contributed by atoms with van der Waals surface area (Å²) in [5, 5.41) is 25.6. The monoisotopic (exact) mass is 276 g/mol. The Morgan fingerprint density at radius 2 is 1.95 bits per heavy atom. The van der Waals surface area contributed by atoms with E-state index in [0.717, 1.165) is 16.8 Å². The largest absolute Gasteiger partial charge is 0.301 e. The zero-order valence-corrected chi connectivity index (χ0v) is 10.2. The van der Waals surface area contributed by atoms with Gasteiger partial charge in [0.2, 0.25) is 0 Å². The second kappa shape index (κ2) is 4.88. The number of hydrogen-bond donors (Lipinski definition) is 0. The SMILES string of the molecule is Cc1nn(-c2ccc([N+](=O)[O-])cc2[N+](=O)[O-])cc1C=O. The smallest absolute Gasteiger partial charge is 0.298 e.